The van der Waals surface area contributed by atoms with Crippen molar-refractivity contribution in [2.45, 2.75) is 19.1 Å². The first-order chi connectivity index (χ1) is 9.18. The first-order valence-electron chi connectivity index (χ1n) is 6.24. The maximum absolute atomic E-state index is 13.5. The number of nitrogens with zero attached hydrogens (tertiary/aromatic N) is 1. The molecule has 1 aromatic carbocycles. The van der Waals surface area contributed by atoms with Gasteiger partial charge in [0.05, 0.1) is 6.10 Å². The molecule has 0 saturated heterocycles. The molecule has 2 aromatic rings. The van der Waals surface area contributed by atoms with Crippen molar-refractivity contribution in [2.75, 3.05) is 6.54 Å². The molecule has 1 aromatic heterocycles. The van der Waals surface area contributed by atoms with Crippen molar-refractivity contribution >= 4 is 0 Å². The summed E-state index contributed by atoms with van der Waals surface area (Å²) in [6.07, 6.45) is 2.62. The maximum atomic E-state index is 13.5. The molecular formula is C15H17FN2O. The topological polar surface area (TPSA) is 45.1 Å². The van der Waals surface area contributed by atoms with Gasteiger partial charge < -0.3 is 10.4 Å². The molecule has 2 atom stereocenters. The normalized spacial score (nSPS) is 14.1. The number of hydrogen-bond acceptors (Lipinski definition) is 3. The maximum Gasteiger partial charge on any atom is 0.129 e. The summed E-state index contributed by atoms with van der Waals surface area (Å²) in [5, 5.41) is 13.1. The summed E-state index contributed by atoms with van der Waals surface area (Å²) in [4.78, 5) is 4.04. The Morgan fingerprint density at radius 3 is 2.74 bits per heavy atom. The van der Waals surface area contributed by atoms with Crippen LogP contribution in [0.5, 0.6) is 0 Å². The third-order valence-electron chi connectivity index (χ3n) is 3.07. The predicted molar refractivity (Wildman–Crippen MR) is 72.0 cm³/mol. The van der Waals surface area contributed by atoms with E-state index in [1.54, 1.807) is 30.6 Å². The van der Waals surface area contributed by atoms with E-state index in [0.29, 0.717) is 5.56 Å². The lowest BCUT2D eigenvalue weighted by molar-refractivity contribution is 0.166. The van der Waals surface area contributed by atoms with Crippen LogP contribution in [0.2, 0.25) is 0 Å². The third-order valence-corrected chi connectivity index (χ3v) is 3.07. The molecule has 0 aliphatic carbocycles. The molecule has 1 unspecified atom stereocenters. The number of aliphatic hydroxyl groups is 1. The minimum absolute atomic E-state index is 0.0510. The number of aliphatic hydroxyl groups excluding tert-OH is 1. The fourth-order valence-corrected chi connectivity index (χ4v) is 1.89. The van der Waals surface area contributed by atoms with Crippen LogP contribution in [0.25, 0.3) is 0 Å². The molecule has 0 aliphatic heterocycles. The lowest BCUT2D eigenvalue weighted by Crippen LogP contribution is -2.25. The van der Waals surface area contributed by atoms with Crippen LogP contribution in [0.1, 0.15) is 30.2 Å². The van der Waals surface area contributed by atoms with Gasteiger partial charge in [0.2, 0.25) is 0 Å². The van der Waals surface area contributed by atoms with E-state index in [2.05, 4.69) is 10.3 Å². The predicted octanol–water partition coefficient (Wildman–Crippen LogP) is 2.60. The lowest BCUT2D eigenvalue weighted by Gasteiger charge is -2.17. The molecule has 0 saturated carbocycles. The fourth-order valence-electron chi connectivity index (χ4n) is 1.89. The van der Waals surface area contributed by atoms with E-state index < -0.39 is 6.10 Å². The molecule has 0 spiro atoms. The van der Waals surface area contributed by atoms with Gasteiger partial charge in [-0.2, -0.15) is 0 Å². The molecule has 2 rings (SSSR count). The van der Waals surface area contributed by atoms with Crippen LogP contribution in [0.15, 0.2) is 48.8 Å². The van der Waals surface area contributed by atoms with Crippen LogP contribution in [0.3, 0.4) is 0 Å². The summed E-state index contributed by atoms with van der Waals surface area (Å²) in [6.45, 7) is 2.27. The van der Waals surface area contributed by atoms with Gasteiger partial charge in [-0.1, -0.05) is 24.3 Å². The van der Waals surface area contributed by atoms with Crippen molar-refractivity contribution < 1.29 is 9.50 Å². The summed E-state index contributed by atoms with van der Waals surface area (Å²) in [5.74, 6) is -0.383. The zero-order valence-electron chi connectivity index (χ0n) is 10.8. The van der Waals surface area contributed by atoms with Crippen molar-refractivity contribution in [2.24, 2.45) is 0 Å². The largest absolute Gasteiger partial charge is 0.387 e. The van der Waals surface area contributed by atoms with Gasteiger partial charge in [-0.05, 0) is 24.6 Å². The average Bonchev–Trinajstić information content (AvgIpc) is 2.46. The van der Waals surface area contributed by atoms with Gasteiger partial charge in [0, 0.05) is 30.5 Å². The molecule has 0 amide bonds. The van der Waals surface area contributed by atoms with E-state index >= 15 is 0 Å². The van der Waals surface area contributed by atoms with Gasteiger partial charge in [-0.3, -0.25) is 4.98 Å². The second-order valence-electron chi connectivity index (χ2n) is 4.45. The third kappa shape index (κ3) is 3.59. The van der Waals surface area contributed by atoms with E-state index in [1.807, 2.05) is 19.1 Å². The van der Waals surface area contributed by atoms with Gasteiger partial charge >= 0.3 is 0 Å². The Morgan fingerprint density at radius 2 is 2.05 bits per heavy atom. The lowest BCUT2D eigenvalue weighted by atomic mass is 10.1. The molecule has 0 bridgehead atoms. The van der Waals surface area contributed by atoms with Crippen LogP contribution in [-0.4, -0.2) is 16.6 Å². The standard InChI is InChI=1S/C15H17FN2O/c1-11(12-5-4-8-17-9-12)18-10-15(19)13-6-2-3-7-14(13)16/h2-9,11,15,18-19H,10H2,1H3/t11-,15?/m0/s1. The monoisotopic (exact) mass is 260 g/mol. The van der Waals surface area contributed by atoms with Gasteiger partial charge in [0.25, 0.3) is 0 Å². The Balaban J connectivity index is 1.94. The van der Waals surface area contributed by atoms with Crippen LogP contribution >= 0.6 is 0 Å². The zero-order chi connectivity index (χ0) is 13.7. The summed E-state index contributed by atoms with van der Waals surface area (Å²) in [5.41, 5.74) is 1.34. The summed E-state index contributed by atoms with van der Waals surface area (Å²) >= 11 is 0. The Labute approximate surface area is 112 Å². The first kappa shape index (κ1) is 13.6. The Kier molecular flexibility index (Phi) is 4.60. The van der Waals surface area contributed by atoms with Gasteiger partial charge in [0.15, 0.2) is 0 Å². The smallest absolute Gasteiger partial charge is 0.129 e. The minimum Gasteiger partial charge on any atom is -0.387 e. The number of pyridine rings is 1. The SMILES string of the molecule is C[C@H](NCC(O)c1ccccc1F)c1cccnc1. The molecule has 1 heterocycles. The van der Waals surface area contributed by atoms with Crippen LogP contribution in [0.4, 0.5) is 4.39 Å². The number of rotatable bonds is 5. The highest BCUT2D eigenvalue weighted by molar-refractivity contribution is 5.20. The van der Waals surface area contributed by atoms with Crippen molar-refractivity contribution in [3.8, 4) is 0 Å². The van der Waals surface area contributed by atoms with Crippen LogP contribution in [0, 0.1) is 5.82 Å². The Hall–Kier alpha value is -1.78. The summed E-state index contributed by atoms with van der Waals surface area (Å²) in [6, 6.07) is 10.1. The van der Waals surface area contributed by atoms with Crippen molar-refractivity contribution in [1.82, 2.24) is 10.3 Å². The molecule has 100 valence electrons. The number of aromatic nitrogens is 1. The molecule has 0 aliphatic rings. The number of nitrogens with one attached hydrogen (secondary N) is 1. The van der Waals surface area contributed by atoms with E-state index in [1.165, 1.54) is 6.07 Å². The second kappa shape index (κ2) is 6.41. The highest BCUT2D eigenvalue weighted by atomic mass is 19.1. The number of benzene rings is 1. The van der Waals surface area contributed by atoms with Crippen LogP contribution < -0.4 is 5.32 Å². The Bertz CT molecular complexity index is 519. The highest BCUT2D eigenvalue weighted by Gasteiger charge is 2.13. The van der Waals surface area contributed by atoms with E-state index in [0.717, 1.165) is 5.56 Å². The first-order valence-corrected chi connectivity index (χ1v) is 6.24. The molecule has 2 N–H and O–H groups in total. The quantitative estimate of drug-likeness (QED) is 0.868. The minimum atomic E-state index is -0.861. The number of halogens is 1. The molecule has 3 nitrogen and oxygen atoms in total. The number of hydrogen-bond donors (Lipinski definition) is 2. The molecule has 19 heavy (non-hydrogen) atoms. The average molecular weight is 260 g/mol. The van der Waals surface area contributed by atoms with E-state index in [-0.39, 0.29) is 18.4 Å². The van der Waals surface area contributed by atoms with Crippen LogP contribution in [-0.2, 0) is 0 Å². The molecule has 0 fully saturated rings. The van der Waals surface area contributed by atoms with Crippen molar-refractivity contribution in [3.05, 3.63) is 65.7 Å². The molecule has 0 radical (unpaired) electrons. The van der Waals surface area contributed by atoms with Crippen molar-refractivity contribution in [3.63, 3.8) is 0 Å². The Morgan fingerprint density at radius 1 is 1.26 bits per heavy atom. The van der Waals surface area contributed by atoms with Crippen molar-refractivity contribution in [1.29, 1.82) is 0 Å². The molecule has 4 heteroatoms. The fraction of sp³-hybridized carbons (Fsp3) is 0.267. The second-order valence-corrected chi connectivity index (χ2v) is 4.45. The van der Waals surface area contributed by atoms with E-state index in [4.69, 9.17) is 0 Å². The van der Waals surface area contributed by atoms with Gasteiger partial charge in [-0.25, -0.2) is 4.39 Å². The van der Waals surface area contributed by atoms with E-state index in [9.17, 15) is 9.50 Å². The van der Waals surface area contributed by atoms with Gasteiger partial charge in [-0.15, -0.1) is 0 Å². The molecular weight excluding hydrogens is 243 g/mol. The summed E-state index contributed by atoms with van der Waals surface area (Å²) in [7, 11) is 0. The highest BCUT2D eigenvalue weighted by Crippen LogP contribution is 2.17. The summed E-state index contributed by atoms with van der Waals surface area (Å²) < 4.78 is 13.5. The van der Waals surface area contributed by atoms with Gasteiger partial charge in [0.1, 0.15) is 5.82 Å². The zero-order valence-corrected chi connectivity index (χ0v) is 10.8.